The van der Waals surface area contributed by atoms with E-state index in [1.807, 2.05) is 25.3 Å². The lowest BCUT2D eigenvalue weighted by atomic mass is 10.2. The molecule has 21 heavy (non-hydrogen) atoms. The van der Waals surface area contributed by atoms with E-state index < -0.39 is 6.10 Å². The number of ether oxygens (including phenoxy) is 1. The summed E-state index contributed by atoms with van der Waals surface area (Å²) in [6.07, 6.45) is 1.20. The maximum absolute atomic E-state index is 9.95. The number of thiazole rings is 1. The summed E-state index contributed by atoms with van der Waals surface area (Å²) < 4.78 is 5.56. The quantitative estimate of drug-likeness (QED) is 0.820. The number of aromatic nitrogens is 1. The molecule has 0 amide bonds. The lowest BCUT2D eigenvalue weighted by molar-refractivity contribution is 0.104. The summed E-state index contributed by atoms with van der Waals surface area (Å²) in [7, 11) is 0. The Morgan fingerprint density at radius 3 is 2.95 bits per heavy atom. The van der Waals surface area contributed by atoms with Crippen molar-refractivity contribution in [3.63, 3.8) is 0 Å². The van der Waals surface area contributed by atoms with Gasteiger partial charge in [0.05, 0.1) is 6.04 Å². The van der Waals surface area contributed by atoms with Crippen LogP contribution in [0.3, 0.4) is 0 Å². The van der Waals surface area contributed by atoms with Gasteiger partial charge in [-0.1, -0.05) is 11.6 Å². The Balaban J connectivity index is 1.74. The van der Waals surface area contributed by atoms with Crippen molar-refractivity contribution in [1.29, 1.82) is 0 Å². The fraction of sp³-hybridized carbons (Fsp3) is 0.400. The van der Waals surface area contributed by atoms with E-state index in [0.29, 0.717) is 17.3 Å². The number of nitrogens with zero attached hydrogens (tertiary/aromatic N) is 1. The third-order valence-corrected chi connectivity index (χ3v) is 4.44. The molecule has 4 nitrogen and oxygen atoms in total. The number of aliphatic hydroxyl groups excluding tert-OH is 1. The van der Waals surface area contributed by atoms with Gasteiger partial charge in [0.2, 0.25) is 0 Å². The molecule has 0 aliphatic carbocycles. The predicted octanol–water partition coefficient (Wildman–Crippen LogP) is 3.20. The average Bonchev–Trinajstić information content (AvgIpc) is 3.00. The lowest BCUT2D eigenvalue weighted by Gasteiger charge is -2.16. The highest BCUT2D eigenvalue weighted by atomic mass is 35.5. The van der Waals surface area contributed by atoms with E-state index in [4.69, 9.17) is 16.3 Å². The number of hydrogen-bond acceptors (Lipinski definition) is 5. The second-order valence-corrected chi connectivity index (χ2v) is 6.21. The molecule has 0 fully saturated rings. The van der Waals surface area contributed by atoms with Crippen LogP contribution in [0.5, 0.6) is 5.75 Å². The van der Waals surface area contributed by atoms with Gasteiger partial charge in [0.25, 0.3) is 0 Å². The minimum absolute atomic E-state index is 0.123. The summed E-state index contributed by atoms with van der Waals surface area (Å²) in [6, 6.07) is 5.58. The van der Waals surface area contributed by atoms with Crippen molar-refractivity contribution in [2.45, 2.75) is 26.0 Å². The van der Waals surface area contributed by atoms with Gasteiger partial charge in [-0.3, -0.25) is 0 Å². The van der Waals surface area contributed by atoms with Crippen molar-refractivity contribution in [3.8, 4) is 5.75 Å². The summed E-state index contributed by atoms with van der Waals surface area (Å²) in [5, 5.41) is 16.8. The minimum Gasteiger partial charge on any atom is -0.491 e. The highest BCUT2D eigenvalue weighted by Gasteiger charge is 2.11. The Morgan fingerprint density at radius 2 is 2.29 bits per heavy atom. The van der Waals surface area contributed by atoms with E-state index in [9.17, 15) is 5.11 Å². The molecule has 1 heterocycles. The molecule has 1 aromatic heterocycles. The van der Waals surface area contributed by atoms with Crippen LogP contribution in [-0.4, -0.2) is 29.3 Å². The summed E-state index contributed by atoms with van der Waals surface area (Å²) in [5.74, 6) is 0.712. The molecule has 6 heteroatoms. The molecule has 0 aliphatic heterocycles. The highest BCUT2D eigenvalue weighted by molar-refractivity contribution is 7.09. The van der Waals surface area contributed by atoms with Crippen LogP contribution in [0.25, 0.3) is 0 Å². The Bertz CT molecular complexity index is 563. The van der Waals surface area contributed by atoms with Crippen LogP contribution in [0.2, 0.25) is 5.02 Å². The van der Waals surface area contributed by atoms with E-state index in [-0.39, 0.29) is 12.6 Å². The summed E-state index contributed by atoms with van der Waals surface area (Å²) in [4.78, 5) is 4.24. The van der Waals surface area contributed by atoms with Crippen LogP contribution >= 0.6 is 22.9 Å². The van der Waals surface area contributed by atoms with Crippen molar-refractivity contribution in [2.24, 2.45) is 0 Å². The second kappa shape index (κ2) is 7.75. The number of aliphatic hydroxyl groups is 1. The van der Waals surface area contributed by atoms with Crippen LogP contribution in [0.4, 0.5) is 0 Å². The number of rotatable bonds is 7. The molecule has 0 bridgehead atoms. The predicted molar refractivity (Wildman–Crippen MR) is 86.2 cm³/mol. The molecular formula is C15H19ClN2O2S. The van der Waals surface area contributed by atoms with Crippen LogP contribution in [0.1, 0.15) is 23.5 Å². The highest BCUT2D eigenvalue weighted by Crippen LogP contribution is 2.21. The van der Waals surface area contributed by atoms with E-state index >= 15 is 0 Å². The van der Waals surface area contributed by atoms with Gasteiger partial charge in [0.1, 0.15) is 23.5 Å². The summed E-state index contributed by atoms with van der Waals surface area (Å²) >= 11 is 7.55. The fourth-order valence-electron chi connectivity index (χ4n) is 1.81. The maximum Gasteiger partial charge on any atom is 0.119 e. The van der Waals surface area contributed by atoms with Gasteiger partial charge in [0.15, 0.2) is 0 Å². The Labute approximate surface area is 133 Å². The molecule has 0 aliphatic rings. The van der Waals surface area contributed by atoms with Crippen LogP contribution < -0.4 is 10.1 Å². The first-order valence-electron chi connectivity index (χ1n) is 6.76. The third-order valence-electron chi connectivity index (χ3n) is 3.05. The molecule has 0 radical (unpaired) electrons. The first-order valence-corrected chi connectivity index (χ1v) is 8.02. The summed E-state index contributed by atoms with van der Waals surface area (Å²) in [6.45, 7) is 4.63. The molecule has 2 rings (SSSR count). The van der Waals surface area contributed by atoms with Crippen LogP contribution in [-0.2, 0) is 0 Å². The Morgan fingerprint density at radius 1 is 1.48 bits per heavy atom. The molecule has 114 valence electrons. The van der Waals surface area contributed by atoms with E-state index in [0.717, 1.165) is 10.6 Å². The third kappa shape index (κ3) is 4.97. The van der Waals surface area contributed by atoms with E-state index in [1.54, 1.807) is 29.7 Å². The van der Waals surface area contributed by atoms with Gasteiger partial charge in [-0.05, 0) is 37.6 Å². The van der Waals surface area contributed by atoms with Gasteiger partial charge in [-0.2, -0.15) is 0 Å². The first kappa shape index (κ1) is 16.2. The van der Waals surface area contributed by atoms with Crippen molar-refractivity contribution < 1.29 is 9.84 Å². The van der Waals surface area contributed by atoms with Gasteiger partial charge >= 0.3 is 0 Å². The molecule has 2 N–H and O–H groups in total. The standard InChI is InChI=1S/C15H19ClN2O2S/c1-10-7-13(3-4-14(10)16)20-9-12(19)8-18-11(2)15-17-5-6-21-15/h3-7,11-12,18-19H,8-9H2,1-2H3. The van der Waals surface area contributed by atoms with Crippen molar-refractivity contribution >= 4 is 22.9 Å². The average molecular weight is 327 g/mol. The minimum atomic E-state index is -0.580. The number of aryl methyl sites for hydroxylation is 1. The topological polar surface area (TPSA) is 54.4 Å². The van der Waals surface area contributed by atoms with E-state index in [1.165, 1.54) is 0 Å². The molecule has 2 atom stereocenters. The maximum atomic E-state index is 9.95. The fourth-order valence-corrected chi connectivity index (χ4v) is 2.59. The first-order chi connectivity index (χ1) is 10.1. The lowest BCUT2D eigenvalue weighted by Crippen LogP contribution is -2.33. The van der Waals surface area contributed by atoms with Crippen molar-refractivity contribution in [2.75, 3.05) is 13.2 Å². The second-order valence-electron chi connectivity index (χ2n) is 4.88. The zero-order valence-corrected chi connectivity index (χ0v) is 13.6. The summed E-state index contributed by atoms with van der Waals surface area (Å²) in [5.41, 5.74) is 0.958. The van der Waals surface area contributed by atoms with Crippen molar-refractivity contribution in [3.05, 3.63) is 45.4 Å². The molecular weight excluding hydrogens is 308 g/mol. The molecule has 2 aromatic rings. The SMILES string of the molecule is Cc1cc(OCC(O)CNC(C)c2nccs2)ccc1Cl. The molecule has 2 unspecified atom stereocenters. The zero-order valence-electron chi connectivity index (χ0n) is 12.0. The smallest absolute Gasteiger partial charge is 0.119 e. The van der Waals surface area contributed by atoms with Gasteiger partial charge < -0.3 is 15.2 Å². The normalized spacial score (nSPS) is 13.9. The largest absolute Gasteiger partial charge is 0.491 e. The Kier molecular flexibility index (Phi) is 5.99. The van der Waals surface area contributed by atoms with Gasteiger partial charge in [-0.25, -0.2) is 4.98 Å². The molecule has 0 saturated carbocycles. The number of benzene rings is 1. The molecule has 1 aromatic carbocycles. The number of nitrogens with one attached hydrogen (secondary N) is 1. The van der Waals surface area contributed by atoms with Crippen molar-refractivity contribution in [1.82, 2.24) is 10.3 Å². The number of hydrogen-bond donors (Lipinski definition) is 2. The van der Waals surface area contributed by atoms with Gasteiger partial charge in [0, 0.05) is 23.1 Å². The number of halogens is 1. The van der Waals surface area contributed by atoms with E-state index in [2.05, 4.69) is 10.3 Å². The van der Waals surface area contributed by atoms with Crippen LogP contribution in [0.15, 0.2) is 29.8 Å². The molecule has 0 saturated heterocycles. The van der Waals surface area contributed by atoms with Crippen LogP contribution in [0, 0.1) is 6.92 Å². The monoisotopic (exact) mass is 326 g/mol. The van der Waals surface area contributed by atoms with Gasteiger partial charge in [-0.15, -0.1) is 11.3 Å². The zero-order chi connectivity index (χ0) is 15.2. The molecule has 0 spiro atoms. The Hall–Kier alpha value is -1.14.